The van der Waals surface area contributed by atoms with E-state index in [1.807, 2.05) is 32.3 Å². The Morgan fingerprint density at radius 3 is 1.82 bits per heavy atom. The first-order valence-electron chi connectivity index (χ1n) is 10.6. The molecule has 0 heterocycles. The molecule has 0 radical (unpaired) electrons. The van der Waals surface area contributed by atoms with E-state index in [2.05, 4.69) is 24.0 Å². The molecular weight excluding hydrogens is 462 g/mol. The van der Waals surface area contributed by atoms with Crippen molar-refractivity contribution in [2.45, 2.75) is 25.8 Å². The van der Waals surface area contributed by atoms with Crippen molar-refractivity contribution in [3.05, 3.63) is 53.6 Å². The fourth-order valence-electron chi connectivity index (χ4n) is 3.31. The van der Waals surface area contributed by atoms with Gasteiger partial charge in [-0.05, 0) is 45.1 Å². The highest BCUT2D eigenvalue weighted by molar-refractivity contribution is 7.85. The summed E-state index contributed by atoms with van der Waals surface area (Å²) in [5, 5.41) is 0. The minimum atomic E-state index is -3.66. The number of methoxy groups -OCH3 is 3. The van der Waals surface area contributed by atoms with Gasteiger partial charge in [-0.15, -0.1) is 0 Å². The second-order valence-electron chi connectivity index (χ2n) is 7.51. The Balaban J connectivity index is 0.000000852. The maximum absolute atomic E-state index is 12.8. The number of carbonyl (C=O) groups excluding carboxylic acids is 1. The van der Waals surface area contributed by atoms with Gasteiger partial charge in [-0.25, -0.2) is 4.79 Å². The van der Waals surface area contributed by atoms with E-state index in [9.17, 15) is 13.2 Å². The van der Waals surface area contributed by atoms with Gasteiger partial charge in [0.1, 0.15) is 6.61 Å². The Morgan fingerprint density at radius 2 is 1.47 bits per heavy atom. The number of esters is 1. The molecule has 0 bridgehead atoms. The molecule has 0 spiro atoms. The van der Waals surface area contributed by atoms with Crippen molar-refractivity contribution < 1.29 is 36.7 Å². The van der Waals surface area contributed by atoms with E-state index in [0.717, 1.165) is 12.0 Å². The normalized spacial score (nSPS) is 12.7. The molecule has 9 nitrogen and oxygen atoms in total. The lowest BCUT2D eigenvalue weighted by Gasteiger charge is -2.39. The number of ether oxygens (including phenoxy) is 4. The lowest BCUT2D eigenvalue weighted by molar-refractivity contribution is 0.0119. The Hall–Kier alpha value is -2.82. The van der Waals surface area contributed by atoms with E-state index in [4.69, 9.17) is 23.5 Å². The molecule has 1 unspecified atom stereocenters. The third-order valence-corrected chi connectivity index (χ3v) is 6.19. The first-order valence-corrected chi connectivity index (χ1v) is 12.3. The first kappa shape index (κ1) is 29.2. The maximum atomic E-state index is 12.8. The van der Waals surface area contributed by atoms with Gasteiger partial charge in [-0.2, -0.15) is 8.42 Å². The van der Waals surface area contributed by atoms with E-state index in [-0.39, 0.29) is 12.4 Å². The molecule has 2 aromatic rings. The van der Waals surface area contributed by atoms with Crippen LogP contribution in [-0.2, 0) is 20.4 Å². The van der Waals surface area contributed by atoms with E-state index in [1.165, 1.54) is 28.3 Å². The predicted molar refractivity (Wildman–Crippen MR) is 131 cm³/mol. The minimum absolute atomic E-state index is 0.201. The molecule has 0 aliphatic carbocycles. The molecule has 34 heavy (non-hydrogen) atoms. The summed E-state index contributed by atoms with van der Waals surface area (Å²) in [5.41, 5.74) is 1.02. The van der Waals surface area contributed by atoms with Crippen LogP contribution in [0.25, 0.3) is 0 Å². The van der Waals surface area contributed by atoms with Gasteiger partial charge in [0.25, 0.3) is 10.1 Å². The highest BCUT2D eigenvalue weighted by atomic mass is 32.2. The molecule has 0 amide bonds. The van der Waals surface area contributed by atoms with Crippen molar-refractivity contribution in [3.8, 4) is 17.2 Å². The minimum Gasteiger partial charge on any atom is -0.493 e. The van der Waals surface area contributed by atoms with E-state index in [0.29, 0.717) is 22.8 Å². The van der Waals surface area contributed by atoms with E-state index >= 15 is 0 Å². The molecular formula is C24H35NO8S. The third-order valence-electron chi connectivity index (χ3n) is 5.46. The number of hydrogen-bond donors (Lipinski definition) is 1. The summed E-state index contributed by atoms with van der Waals surface area (Å²) in [6.07, 6.45) is 0.784. The molecule has 2 rings (SSSR count). The molecule has 0 aliphatic heterocycles. The monoisotopic (exact) mass is 497 g/mol. The zero-order valence-corrected chi connectivity index (χ0v) is 21.6. The zero-order chi connectivity index (χ0) is 25.9. The summed E-state index contributed by atoms with van der Waals surface area (Å²) >= 11 is 0. The fourth-order valence-corrected chi connectivity index (χ4v) is 3.31. The Kier molecular flexibility index (Phi) is 11.3. The standard InChI is InChI=1S/C22H29NO5.C2H6O3S/c1-7-22(23(2)3,17-11-9-8-10-12-17)15-28-21(24)16-13-18(25-4)20(27-6)19(14-16)26-5;1-2-6(3,4)5/h8-14H,7,15H2,1-6H3;2H2,1H3,(H,3,4,5). The van der Waals surface area contributed by atoms with Crippen LogP contribution in [0, 0.1) is 0 Å². The average molecular weight is 498 g/mol. The lowest BCUT2D eigenvalue weighted by Crippen LogP contribution is -2.45. The molecule has 0 aromatic heterocycles. The number of rotatable bonds is 10. The quantitative estimate of drug-likeness (QED) is 0.388. The topological polar surface area (TPSA) is 112 Å². The van der Waals surface area contributed by atoms with Crippen LogP contribution >= 0.6 is 0 Å². The SMILES string of the molecule is CCC(COC(=O)c1cc(OC)c(OC)c(OC)c1)(c1ccccc1)N(C)C.CCS(=O)(=O)O. The van der Waals surface area contributed by atoms with Gasteiger partial charge in [0.05, 0.1) is 38.2 Å². The Labute approximate surface area is 202 Å². The van der Waals surface area contributed by atoms with Gasteiger partial charge in [0.2, 0.25) is 5.75 Å². The van der Waals surface area contributed by atoms with Gasteiger partial charge in [-0.1, -0.05) is 37.3 Å². The van der Waals surface area contributed by atoms with Gasteiger partial charge in [0, 0.05) is 0 Å². The summed E-state index contributed by atoms with van der Waals surface area (Å²) in [6.45, 7) is 3.67. The zero-order valence-electron chi connectivity index (χ0n) is 20.8. The van der Waals surface area contributed by atoms with Gasteiger partial charge < -0.3 is 18.9 Å². The smallest absolute Gasteiger partial charge is 0.338 e. The number of hydrogen-bond acceptors (Lipinski definition) is 8. The number of nitrogens with zero attached hydrogens (tertiary/aromatic N) is 1. The van der Waals surface area contributed by atoms with Crippen molar-refractivity contribution in [2.24, 2.45) is 0 Å². The fraction of sp³-hybridized carbons (Fsp3) is 0.458. The molecule has 0 aliphatic rings. The summed E-state index contributed by atoms with van der Waals surface area (Å²) < 4.78 is 48.6. The average Bonchev–Trinajstić information content (AvgIpc) is 2.83. The molecule has 10 heteroatoms. The summed E-state index contributed by atoms with van der Waals surface area (Å²) in [5.74, 6) is 0.599. The molecule has 0 fully saturated rings. The number of carbonyl (C=O) groups is 1. The Morgan fingerprint density at radius 1 is 0.971 bits per heavy atom. The van der Waals surface area contributed by atoms with Gasteiger partial charge in [0.15, 0.2) is 11.5 Å². The number of benzene rings is 2. The third kappa shape index (κ3) is 7.61. The lowest BCUT2D eigenvalue weighted by atomic mass is 9.87. The molecule has 0 saturated heterocycles. The second kappa shape index (κ2) is 13.2. The summed E-state index contributed by atoms with van der Waals surface area (Å²) in [7, 11) is 4.86. The molecule has 1 atom stereocenters. The van der Waals surface area contributed by atoms with Crippen LogP contribution in [0.3, 0.4) is 0 Å². The van der Waals surface area contributed by atoms with Crippen LogP contribution in [0.4, 0.5) is 0 Å². The molecule has 2 aromatic carbocycles. The summed E-state index contributed by atoms with van der Waals surface area (Å²) in [6, 6.07) is 13.2. The van der Waals surface area contributed by atoms with E-state index < -0.39 is 21.6 Å². The largest absolute Gasteiger partial charge is 0.493 e. The van der Waals surface area contributed by atoms with Crippen molar-refractivity contribution >= 4 is 16.1 Å². The van der Waals surface area contributed by atoms with Crippen molar-refractivity contribution in [1.82, 2.24) is 4.90 Å². The van der Waals surface area contributed by atoms with Crippen molar-refractivity contribution in [3.63, 3.8) is 0 Å². The van der Waals surface area contributed by atoms with Crippen LogP contribution < -0.4 is 14.2 Å². The van der Waals surface area contributed by atoms with E-state index in [1.54, 1.807) is 12.1 Å². The number of likely N-dealkylation sites (N-methyl/N-ethyl adjacent to an activating group) is 1. The van der Waals surface area contributed by atoms with Crippen LogP contribution in [0.5, 0.6) is 17.2 Å². The first-order chi connectivity index (χ1) is 16.0. The maximum Gasteiger partial charge on any atom is 0.338 e. The van der Waals surface area contributed by atoms with Crippen molar-refractivity contribution in [1.29, 1.82) is 0 Å². The van der Waals surface area contributed by atoms with Crippen molar-refractivity contribution in [2.75, 3.05) is 47.8 Å². The summed E-state index contributed by atoms with van der Waals surface area (Å²) in [4.78, 5) is 14.9. The molecule has 1 N–H and O–H groups in total. The van der Waals surface area contributed by atoms with Crippen LogP contribution in [0.1, 0.15) is 36.2 Å². The van der Waals surface area contributed by atoms with Crippen LogP contribution in [0.15, 0.2) is 42.5 Å². The predicted octanol–water partition coefficient (Wildman–Crippen LogP) is 3.63. The molecule has 190 valence electrons. The molecule has 0 saturated carbocycles. The van der Waals surface area contributed by atoms with Gasteiger partial charge >= 0.3 is 5.97 Å². The van der Waals surface area contributed by atoms with Crippen LogP contribution in [-0.4, -0.2) is 71.6 Å². The Bertz CT molecular complexity index is 1000. The highest BCUT2D eigenvalue weighted by Gasteiger charge is 2.34. The highest BCUT2D eigenvalue weighted by Crippen LogP contribution is 2.38. The second-order valence-corrected chi connectivity index (χ2v) is 9.25. The van der Waals surface area contributed by atoms with Crippen LogP contribution in [0.2, 0.25) is 0 Å². The van der Waals surface area contributed by atoms with Gasteiger partial charge in [-0.3, -0.25) is 9.45 Å².